The van der Waals surface area contributed by atoms with Crippen molar-refractivity contribution in [3.63, 3.8) is 0 Å². The number of rotatable bonds is 7. The second-order valence-electron chi connectivity index (χ2n) is 8.02. The van der Waals surface area contributed by atoms with Crippen LogP contribution in [-0.4, -0.2) is 32.4 Å². The molecule has 4 rings (SSSR count). The van der Waals surface area contributed by atoms with Gasteiger partial charge >= 0.3 is 0 Å². The van der Waals surface area contributed by atoms with E-state index < -0.39 is 6.04 Å². The highest BCUT2D eigenvalue weighted by atomic mass is 32.1. The predicted octanol–water partition coefficient (Wildman–Crippen LogP) is 4.33. The third-order valence-corrected chi connectivity index (χ3v) is 6.38. The van der Waals surface area contributed by atoms with Gasteiger partial charge in [-0.05, 0) is 54.6 Å². The molecule has 1 fully saturated rings. The topological polar surface area (TPSA) is 88.1 Å². The summed E-state index contributed by atoms with van der Waals surface area (Å²) in [5.74, 6) is -0.573. The predicted molar refractivity (Wildman–Crippen MR) is 125 cm³/mol. The SMILES string of the molecule is CCc1ccc(N(C(=O)c2csnn2)[C@H](C(=O)NC2CCCCC2)c2cccnc2)cc1. The molecular formula is C24H27N5O2S. The van der Waals surface area contributed by atoms with Gasteiger partial charge in [-0.15, -0.1) is 5.10 Å². The zero-order chi connectivity index (χ0) is 22.3. The van der Waals surface area contributed by atoms with E-state index in [9.17, 15) is 9.59 Å². The molecule has 7 nitrogen and oxygen atoms in total. The largest absolute Gasteiger partial charge is 0.351 e. The van der Waals surface area contributed by atoms with Crippen molar-refractivity contribution in [1.29, 1.82) is 0 Å². The van der Waals surface area contributed by atoms with Crippen LogP contribution in [0.1, 0.15) is 66.7 Å². The number of hydrogen-bond donors (Lipinski definition) is 1. The first-order valence-electron chi connectivity index (χ1n) is 11.1. The summed E-state index contributed by atoms with van der Waals surface area (Å²) in [6.45, 7) is 2.08. The second-order valence-corrected chi connectivity index (χ2v) is 8.63. The van der Waals surface area contributed by atoms with Crippen LogP contribution in [0.2, 0.25) is 0 Å². The zero-order valence-corrected chi connectivity index (χ0v) is 18.9. The van der Waals surface area contributed by atoms with Crippen LogP contribution >= 0.6 is 11.5 Å². The summed E-state index contributed by atoms with van der Waals surface area (Å²) >= 11 is 1.11. The number of carbonyl (C=O) groups is 2. The summed E-state index contributed by atoms with van der Waals surface area (Å²) in [5.41, 5.74) is 2.65. The average molecular weight is 450 g/mol. The van der Waals surface area contributed by atoms with Crippen LogP contribution in [0, 0.1) is 0 Å². The first kappa shape index (κ1) is 22.1. The average Bonchev–Trinajstić information content (AvgIpc) is 3.38. The molecule has 32 heavy (non-hydrogen) atoms. The van der Waals surface area contributed by atoms with Gasteiger partial charge in [0.1, 0.15) is 6.04 Å². The molecule has 3 aromatic rings. The molecule has 0 saturated heterocycles. The van der Waals surface area contributed by atoms with Crippen LogP contribution in [0.15, 0.2) is 54.2 Å². The van der Waals surface area contributed by atoms with Crippen LogP contribution in [0.3, 0.4) is 0 Å². The molecule has 1 aliphatic carbocycles. The monoisotopic (exact) mass is 449 g/mol. The first-order valence-corrected chi connectivity index (χ1v) is 11.9. The molecule has 0 unspecified atom stereocenters. The Kier molecular flexibility index (Phi) is 7.21. The third kappa shape index (κ3) is 5.02. The molecule has 0 spiro atoms. The van der Waals surface area contributed by atoms with E-state index in [0.717, 1.165) is 49.2 Å². The Bertz CT molecular complexity index is 1020. The fourth-order valence-electron chi connectivity index (χ4n) is 4.14. The number of nitrogens with zero attached hydrogens (tertiary/aromatic N) is 4. The van der Waals surface area contributed by atoms with Crippen LogP contribution in [0.25, 0.3) is 0 Å². The number of anilines is 1. The highest BCUT2D eigenvalue weighted by Crippen LogP contribution is 2.30. The molecule has 1 atom stereocenters. The summed E-state index contributed by atoms with van der Waals surface area (Å²) in [4.78, 5) is 33.0. The Morgan fingerprint density at radius 3 is 2.56 bits per heavy atom. The maximum Gasteiger partial charge on any atom is 0.280 e. The lowest BCUT2D eigenvalue weighted by Crippen LogP contribution is -2.47. The van der Waals surface area contributed by atoms with Gasteiger partial charge in [0, 0.05) is 35.1 Å². The van der Waals surface area contributed by atoms with Gasteiger partial charge in [0.2, 0.25) is 5.91 Å². The number of aromatic nitrogens is 3. The Morgan fingerprint density at radius 1 is 1.16 bits per heavy atom. The van der Waals surface area contributed by atoms with Gasteiger partial charge in [0.15, 0.2) is 5.69 Å². The van der Waals surface area contributed by atoms with Crippen molar-refractivity contribution < 1.29 is 9.59 Å². The molecule has 0 bridgehead atoms. The number of pyridine rings is 1. The quantitative estimate of drug-likeness (QED) is 0.580. The minimum absolute atomic E-state index is 0.121. The second kappa shape index (κ2) is 10.5. The molecule has 1 N–H and O–H groups in total. The van der Waals surface area contributed by atoms with Gasteiger partial charge in [-0.2, -0.15) is 0 Å². The Labute approximate surface area is 192 Å². The van der Waals surface area contributed by atoms with Crippen molar-refractivity contribution in [2.45, 2.75) is 57.5 Å². The molecule has 8 heteroatoms. The smallest absolute Gasteiger partial charge is 0.280 e. The lowest BCUT2D eigenvalue weighted by Gasteiger charge is -2.33. The molecule has 1 aromatic carbocycles. The number of hydrogen-bond acceptors (Lipinski definition) is 6. The van der Waals surface area contributed by atoms with Crippen molar-refractivity contribution >= 4 is 29.0 Å². The van der Waals surface area contributed by atoms with Gasteiger partial charge in [-0.25, -0.2) is 0 Å². The third-order valence-electron chi connectivity index (χ3n) is 5.88. The van der Waals surface area contributed by atoms with E-state index in [1.54, 1.807) is 23.8 Å². The van der Waals surface area contributed by atoms with Crippen molar-refractivity contribution in [2.24, 2.45) is 0 Å². The Hall–Kier alpha value is -3.13. The minimum Gasteiger partial charge on any atom is -0.351 e. The fraction of sp³-hybridized carbons (Fsp3) is 0.375. The van der Waals surface area contributed by atoms with E-state index in [1.165, 1.54) is 11.3 Å². The minimum atomic E-state index is -0.868. The van der Waals surface area contributed by atoms with Crippen LogP contribution < -0.4 is 10.2 Å². The maximum atomic E-state index is 13.7. The van der Waals surface area contributed by atoms with Crippen LogP contribution in [0.5, 0.6) is 0 Å². The first-order chi connectivity index (χ1) is 15.7. The summed E-state index contributed by atoms with van der Waals surface area (Å²) in [6.07, 6.45) is 9.52. The maximum absolute atomic E-state index is 13.7. The van der Waals surface area contributed by atoms with Crippen molar-refractivity contribution in [1.82, 2.24) is 19.9 Å². The van der Waals surface area contributed by atoms with Crippen molar-refractivity contribution in [2.75, 3.05) is 4.90 Å². The van der Waals surface area contributed by atoms with E-state index >= 15 is 0 Å². The number of benzene rings is 1. The Morgan fingerprint density at radius 2 is 1.94 bits per heavy atom. The summed E-state index contributed by atoms with van der Waals surface area (Å²) in [7, 11) is 0. The molecule has 2 aromatic heterocycles. The van der Waals surface area contributed by atoms with Gasteiger partial charge in [-0.3, -0.25) is 19.5 Å². The molecule has 1 saturated carbocycles. The lowest BCUT2D eigenvalue weighted by atomic mass is 9.94. The van der Waals surface area contributed by atoms with Gasteiger partial charge in [-0.1, -0.05) is 48.9 Å². The van der Waals surface area contributed by atoms with E-state index in [4.69, 9.17) is 0 Å². The van der Waals surface area contributed by atoms with Crippen LogP contribution in [0.4, 0.5) is 5.69 Å². The molecular weight excluding hydrogens is 422 g/mol. The number of aryl methyl sites for hydroxylation is 1. The molecule has 166 valence electrons. The summed E-state index contributed by atoms with van der Waals surface area (Å²) in [5, 5.41) is 8.78. The standard InChI is InChI=1S/C24H27N5O2S/c1-2-17-10-12-20(13-11-17)29(24(31)21-16-32-28-27-21)22(18-7-6-14-25-15-18)23(30)26-19-8-4-3-5-9-19/h6-7,10-16,19,22H,2-5,8-9H2,1H3,(H,26,30)/t22-/m0/s1. The fourth-order valence-corrected chi connectivity index (χ4v) is 4.57. The normalized spacial score (nSPS) is 15.2. The molecule has 0 radical (unpaired) electrons. The van der Waals surface area contributed by atoms with Gasteiger partial charge in [0.25, 0.3) is 5.91 Å². The van der Waals surface area contributed by atoms with Crippen LogP contribution in [-0.2, 0) is 11.2 Å². The van der Waals surface area contributed by atoms with E-state index in [0.29, 0.717) is 11.3 Å². The van der Waals surface area contributed by atoms with E-state index in [2.05, 4.69) is 26.8 Å². The molecule has 1 aliphatic rings. The van der Waals surface area contributed by atoms with E-state index in [1.807, 2.05) is 30.3 Å². The van der Waals surface area contributed by atoms with Gasteiger partial charge in [0.05, 0.1) is 0 Å². The highest BCUT2D eigenvalue weighted by molar-refractivity contribution is 7.03. The highest BCUT2D eigenvalue weighted by Gasteiger charge is 2.35. The number of carbonyl (C=O) groups excluding carboxylic acids is 2. The number of amides is 2. The molecule has 2 amide bonds. The van der Waals surface area contributed by atoms with E-state index in [-0.39, 0.29) is 23.6 Å². The lowest BCUT2D eigenvalue weighted by molar-refractivity contribution is -0.123. The summed E-state index contributed by atoms with van der Waals surface area (Å²) < 4.78 is 3.85. The number of nitrogens with one attached hydrogen (secondary N) is 1. The Balaban J connectivity index is 1.76. The van der Waals surface area contributed by atoms with Crippen molar-refractivity contribution in [3.05, 3.63) is 71.0 Å². The zero-order valence-electron chi connectivity index (χ0n) is 18.1. The van der Waals surface area contributed by atoms with Gasteiger partial charge < -0.3 is 5.32 Å². The van der Waals surface area contributed by atoms with Crippen molar-refractivity contribution in [3.8, 4) is 0 Å². The molecule has 2 heterocycles. The summed E-state index contributed by atoms with van der Waals surface area (Å²) in [6, 6.07) is 10.6. The molecule has 0 aliphatic heterocycles.